The number of hydrogen-bond acceptors (Lipinski definition) is 2. The normalized spacial score (nSPS) is 10.8. The Morgan fingerprint density at radius 1 is 1.47 bits per heavy atom. The number of aromatic nitrogens is 2. The van der Waals surface area contributed by atoms with Crippen molar-refractivity contribution in [2.45, 2.75) is 13.1 Å². The quantitative estimate of drug-likeness (QED) is 0.907. The minimum Gasteiger partial charge on any atom is -0.329 e. The predicted octanol–water partition coefficient (Wildman–Crippen LogP) is 2.44. The number of hydrogen-bond donors (Lipinski definition) is 1. The molecule has 0 aliphatic heterocycles. The molecule has 1 aromatic carbocycles. The molecule has 1 N–H and O–H groups in total. The van der Waals surface area contributed by atoms with Crippen LogP contribution in [0.15, 0.2) is 30.6 Å². The molecule has 3 nitrogen and oxygen atoms in total. The van der Waals surface area contributed by atoms with Crippen LogP contribution in [-0.2, 0) is 13.1 Å². The van der Waals surface area contributed by atoms with E-state index in [0.717, 1.165) is 11.4 Å². The summed E-state index contributed by atoms with van der Waals surface area (Å²) in [5.74, 6) is 0.530. The summed E-state index contributed by atoms with van der Waals surface area (Å²) in [6.07, 6.45) is 3.61. The van der Waals surface area contributed by atoms with Crippen LogP contribution in [0.25, 0.3) is 0 Å². The van der Waals surface area contributed by atoms with Gasteiger partial charge in [0.05, 0.1) is 11.6 Å². The Morgan fingerprint density at radius 3 is 3.00 bits per heavy atom. The Labute approximate surface area is 104 Å². The van der Waals surface area contributed by atoms with Crippen molar-refractivity contribution in [3.63, 3.8) is 0 Å². The lowest BCUT2D eigenvalue weighted by Gasteiger charge is -2.08. The highest BCUT2D eigenvalue weighted by molar-refractivity contribution is 6.30. The summed E-state index contributed by atoms with van der Waals surface area (Å²) in [5, 5.41) is 3.19. The molecular formula is C12H13ClFN3. The molecule has 0 fully saturated rings. The van der Waals surface area contributed by atoms with Gasteiger partial charge in [0.25, 0.3) is 0 Å². The van der Waals surface area contributed by atoms with Crippen LogP contribution in [0.3, 0.4) is 0 Å². The van der Waals surface area contributed by atoms with Gasteiger partial charge in [0.1, 0.15) is 11.6 Å². The Bertz CT molecular complexity index is 510. The molecule has 0 aliphatic rings. The zero-order valence-electron chi connectivity index (χ0n) is 9.45. The second-order valence-electron chi connectivity index (χ2n) is 3.75. The van der Waals surface area contributed by atoms with Crippen LogP contribution in [0, 0.1) is 5.82 Å². The molecule has 0 atom stereocenters. The van der Waals surface area contributed by atoms with Crippen molar-refractivity contribution in [2.24, 2.45) is 0 Å². The van der Waals surface area contributed by atoms with Crippen LogP contribution in [0.5, 0.6) is 0 Å². The summed E-state index contributed by atoms with van der Waals surface area (Å²) in [4.78, 5) is 4.22. The highest BCUT2D eigenvalue weighted by Gasteiger charge is 2.05. The molecule has 1 aromatic heterocycles. The fourth-order valence-electron chi connectivity index (χ4n) is 1.64. The van der Waals surface area contributed by atoms with Crippen LogP contribution >= 0.6 is 11.6 Å². The third-order valence-corrected chi connectivity index (χ3v) is 2.78. The first-order valence-corrected chi connectivity index (χ1v) is 5.67. The maximum Gasteiger partial charge on any atom is 0.142 e. The van der Waals surface area contributed by atoms with Crippen LogP contribution in [0.1, 0.15) is 11.4 Å². The number of halogens is 2. The van der Waals surface area contributed by atoms with E-state index in [4.69, 9.17) is 11.6 Å². The highest BCUT2D eigenvalue weighted by atomic mass is 35.5. The number of nitrogens with zero attached hydrogens (tertiary/aromatic N) is 2. The summed E-state index contributed by atoms with van der Waals surface area (Å²) in [7, 11) is 1.86. The van der Waals surface area contributed by atoms with Gasteiger partial charge in [-0.25, -0.2) is 9.37 Å². The third kappa shape index (κ3) is 2.84. The van der Waals surface area contributed by atoms with Gasteiger partial charge in [-0.3, -0.25) is 0 Å². The maximum absolute atomic E-state index is 13.3. The van der Waals surface area contributed by atoms with Crippen LogP contribution in [0.2, 0.25) is 5.02 Å². The van der Waals surface area contributed by atoms with E-state index in [2.05, 4.69) is 10.3 Å². The van der Waals surface area contributed by atoms with E-state index in [1.807, 2.05) is 23.9 Å². The van der Waals surface area contributed by atoms with Crippen molar-refractivity contribution in [3.8, 4) is 0 Å². The number of benzene rings is 1. The van der Waals surface area contributed by atoms with Gasteiger partial charge in [-0.15, -0.1) is 0 Å². The van der Waals surface area contributed by atoms with E-state index >= 15 is 0 Å². The molecule has 5 heteroatoms. The molecule has 0 spiro atoms. The van der Waals surface area contributed by atoms with Gasteiger partial charge in [0.15, 0.2) is 0 Å². The first-order chi connectivity index (χ1) is 8.20. The van der Waals surface area contributed by atoms with Crippen molar-refractivity contribution >= 4 is 11.6 Å². The molecule has 0 unspecified atom stereocenters. The zero-order chi connectivity index (χ0) is 12.3. The second-order valence-corrected chi connectivity index (χ2v) is 4.16. The van der Waals surface area contributed by atoms with Gasteiger partial charge in [0.2, 0.25) is 0 Å². The molecule has 2 aromatic rings. The number of imidazole rings is 1. The molecule has 0 radical (unpaired) electrons. The number of rotatable bonds is 4. The number of nitrogens with one attached hydrogen (secondary N) is 1. The van der Waals surface area contributed by atoms with Crippen molar-refractivity contribution < 1.29 is 4.39 Å². The van der Waals surface area contributed by atoms with Gasteiger partial charge in [-0.05, 0) is 24.7 Å². The Morgan fingerprint density at radius 2 is 2.29 bits per heavy atom. The van der Waals surface area contributed by atoms with E-state index in [0.29, 0.717) is 13.1 Å². The molecule has 0 bridgehead atoms. The van der Waals surface area contributed by atoms with Gasteiger partial charge in [0, 0.05) is 18.9 Å². The monoisotopic (exact) mass is 253 g/mol. The Hall–Kier alpha value is -1.39. The molecule has 0 saturated heterocycles. The lowest BCUT2D eigenvalue weighted by atomic mass is 10.2. The van der Waals surface area contributed by atoms with Crippen molar-refractivity contribution in [1.29, 1.82) is 0 Å². The minimum atomic E-state index is -0.389. The molecule has 17 heavy (non-hydrogen) atoms. The van der Waals surface area contributed by atoms with Gasteiger partial charge < -0.3 is 9.88 Å². The van der Waals surface area contributed by atoms with Gasteiger partial charge in [-0.1, -0.05) is 17.7 Å². The molecule has 90 valence electrons. The second kappa shape index (κ2) is 5.29. The minimum absolute atomic E-state index is 0.148. The van der Waals surface area contributed by atoms with Crippen LogP contribution in [0.4, 0.5) is 4.39 Å². The van der Waals surface area contributed by atoms with E-state index in [-0.39, 0.29) is 10.8 Å². The first kappa shape index (κ1) is 12.1. The molecule has 2 rings (SSSR count). The summed E-state index contributed by atoms with van der Waals surface area (Å²) in [6, 6.07) is 4.83. The fraction of sp³-hybridized carbons (Fsp3) is 0.250. The van der Waals surface area contributed by atoms with Gasteiger partial charge >= 0.3 is 0 Å². The van der Waals surface area contributed by atoms with E-state index in [1.54, 1.807) is 12.3 Å². The molecular weight excluding hydrogens is 241 g/mol. The fourth-order valence-corrected chi connectivity index (χ4v) is 1.76. The topological polar surface area (TPSA) is 29.9 Å². The first-order valence-electron chi connectivity index (χ1n) is 5.29. The van der Waals surface area contributed by atoms with Crippen LogP contribution < -0.4 is 5.32 Å². The van der Waals surface area contributed by atoms with Crippen molar-refractivity contribution in [2.75, 3.05) is 7.05 Å². The SMILES string of the molecule is CNCc1nccn1Cc1ccc(Cl)c(F)c1. The molecule has 1 heterocycles. The predicted molar refractivity (Wildman–Crippen MR) is 65.5 cm³/mol. The average molecular weight is 254 g/mol. The molecule has 0 aliphatic carbocycles. The van der Waals surface area contributed by atoms with E-state index in [9.17, 15) is 4.39 Å². The summed E-state index contributed by atoms with van der Waals surface area (Å²) >= 11 is 5.64. The summed E-state index contributed by atoms with van der Waals surface area (Å²) in [5.41, 5.74) is 0.863. The lowest BCUT2D eigenvalue weighted by molar-refractivity contribution is 0.621. The molecule has 0 amide bonds. The molecule has 0 saturated carbocycles. The maximum atomic E-state index is 13.3. The summed E-state index contributed by atoms with van der Waals surface area (Å²) in [6.45, 7) is 1.27. The van der Waals surface area contributed by atoms with Crippen molar-refractivity contribution in [3.05, 3.63) is 52.8 Å². The van der Waals surface area contributed by atoms with Gasteiger partial charge in [-0.2, -0.15) is 0 Å². The van der Waals surface area contributed by atoms with Crippen molar-refractivity contribution in [1.82, 2.24) is 14.9 Å². The van der Waals surface area contributed by atoms with E-state index < -0.39 is 0 Å². The third-order valence-electron chi connectivity index (χ3n) is 2.47. The standard InChI is InChI=1S/C12H13ClFN3/c1-15-7-12-16-4-5-17(12)8-9-2-3-10(13)11(14)6-9/h2-6,15H,7-8H2,1H3. The highest BCUT2D eigenvalue weighted by Crippen LogP contribution is 2.16. The zero-order valence-corrected chi connectivity index (χ0v) is 10.2. The average Bonchev–Trinajstić information content (AvgIpc) is 2.72. The summed E-state index contributed by atoms with van der Waals surface area (Å²) < 4.78 is 15.3. The van der Waals surface area contributed by atoms with E-state index in [1.165, 1.54) is 6.07 Å². The van der Waals surface area contributed by atoms with Crippen LogP contribution in [-0.4, -0.2) is 16.6 Å². The Balaban J connectivity index is 2.19. The Kier molecular flexibility index (Phi) is 3.76. The largest absolute Gasteiger partial charge is 0.329 e. The smallest absolute Gasteiger partial charge is 0.142 e. The lowest BCUT2D eigenvalue weighted by Crippen LogP contribution is -2.12.